The fourth-order valence-corrected chi connectivity index (χ4v) is 6.53. The van der Waals surface area contributed by atoms with Gasteiger partial charge in [0.25, 0.3) is 0 Å². The monoisotopic (exact) mass is 631 g/mol. The number of thiophene rings is 1. The van der Waals surface area contributed by atoms with Crippen molar-refractivity contribution in [3.63, 3.8) is 0 Å². The molecule has 16 heteroatoms. The summed E-state index contributed by atoms with van der Waals surface area (Å²) in [5, 5.41) is 17.8. The molecular formula is C27H39B2N5O7S2. The Hall–Kier alpha value is -3.33. The summed E-state index contributed by atoms with van der Waals surface area (Å²) in [6.45, 7) is 11.7. The van der Waals surface area contributed by atoms with Gasteiger partial charge < -0.3 is 4.74 Å². The molecule has 43 heavy (non-hydrogen) atoms. The van der Waals surface area contributed by atoms with Gasteiger partial charge in [-0.15, -0.1) is 0 Å². The van der Waals surface area contributed by atoms with Crippen LogP contribution in [0.4, 0.5) is 0 Å². The zero-order chi connectivity index (χ0) is 32.4. The molecule has 232 valence electrons. The molecule has 2 rings (SSSR count). The number of nitrogens with zero attached hydrogens (tertiary/aromatic N) is 1. The van der Waals surface area contributed by atoms with Gasteiger partial charge in [-0.05, 0) is 52.7 Å². The van der Waals surface area contributed by atoms with Crippen LogP contribution in [0.2, 0.25) is 6.82 Å². The third-order valence-corrected chi connectivity index (χ3v) is 8.34. The van der Waals surface area contributed by atoms with Crippen LogP contribution in [0.3, 0.4) is 0 Å². The van der Waals surface area contributed by atoms with Gasteiger partial charge in [-0.2, -0.15) is 4.72 Å². The molecule has 1 aromatic heterocycles. The Labute approximate surface area is 258 Å². The third kappa shape index (κ3) is 12.1. The van der Waals surface area contributed by atoms with E-state index in [1.807, 2.05) is 6.92 Å². The summed E-state index contributed by atoms with van der Waals surface area (Å²) in [4.78, 5) is 31.1. The number of rotatable bonds is 13. The summed E-state index contributed by atoms with van der Waals surface area (Å²) in [7, 11) is -4.42. The van der Waals surface area contributed by atoms with Gasteiger partial charge in [0.05, 0.1) is 4.90 Å². The Balaban J connectivity index is 2.12. The van der Waals surface area contributed by atoms with E-state index in [1.54, 1.807) is 71.0 Å². The number of carbonyl (C=O) groups is 2. The Morgan fingerprint density at radius 1 is 1.14 bits per heavy atom. The van der Waals surface area contributed by atoms with Crippen molar-refractivity contribution in [2.24, 2.45) is 4.90 Å². The van der Waals surface area contributed by atoms with Gasteiger partial charge in [0.15, 0.2) is 0 Å². The second kappa shape index (κ2) is 15.9. The Morgan fingerprint density at radius 3 is 2.37 bits per heavy atom. The van der Waals surface area contributed by atoms with Gasteiger partial charge in [0.1, 0.15) is 11.6 Å². The topological polar surface area (TPSA) is 175 Å². The van der Waals surface area contributed by atoms with E-state index < -0.39 is 40.6 Å². The number of carbonyl (C=O) groups excluding carboxylic acids is 2. The number of hydrogen-bond donors (Lipinski definition) is 5. The van der Waals surface area contributed by atoms with Gasteiger partial charge >= 0.3 is 133 Å². The van der Waals surface area contributed by atoms with Gasteiger partial charge in [0, 0.05) is 6.54 Å². The number of aryl methyl sites for hydroxylation is 3. The number of amides is 1. The SMILES string of the molecule is CB(O)/N=C(/NCB=O)NC/C=C/c1ccc(C(=O)NCC(NS(=O)(=O)c2c(C)cc(C)cc2C)C(=O)OC(C)(C)C)s1. The van der Waals surface area contributed by atoms with Crippen molar-refractivity contribution in [3.05, 3.63) is 56.8 Å². The fourth-order valence-electron chi connectivity index (χ4n) is 4.04. The number of ether oxygens (including phenoxy) is 1. The van der Waals surface area contributed by atoms with Gasteiger partial charge in [0.2, 0.25) is 10.0 Å². The number of hydrogen-bond acceptors (Lipinski definition) is 9. The zero-order valence-corrected chi connectivity index (χ0v) is 27.1. The van der Waals surface area contributed by atoms with Crippen LogP contribution < -0.4 is 20.7 Å². The van der Waals surface area contributed by atoms with Crippen LogP contribution in [0.25, 0.3) is 6.08 Å². The van der Waals surface area contributed by atoms with E-state index >= 15 is 0 Å². The van der Waals surface area contributed by atoms with Crippen molar-refractivity contribution in [1.82, 2.24) is 20.7 Å². The van der Waals surface area contributed by atoms with Crippen LogP contribution >= 0.6 is 11.3 Å². The van der Waals surface area contributed by atoms with Gasteiger partial charge in [-0.25, -0.2) is 8.42 Å². The zero-order valence-electron chi connectivity index (χ0n) is 25.5. The standard InChI is InChI=1S/C27H39B2N5O7S2/c1-17-13-18(2)23(19(3)14-17)43(39,40)34-21(25(36)41-27(4,5)6)15-31-24(35)22-11-10-20(42-22)9-8-12-30-26(32-16-28-37)33-29(7)38/h8-11,13-14,21,34,38H,12,15-16H2,1-7H3,(H,31,35)(H2,30,32,33)/b9-8+. The van der Waals surface area contributed by atoms with Crippen LogP contribution in [0.15, 0.2) is 40.1 Å². The first-order chi connectivity index (χ1) is 20.0. The van der Waals surface area contributed by atoms with Crippen LogP contribution in [0.5, 0.6) is 0 Å². The summed E-state index contributed by atoms with van der Waals surface area (Å²) in [5.41, 5.74) is 1.11. The molecule has 1 amide bonds. The van der Waals surface area contributed by atoms with E-state index in [9.17, 15) is 27.7 Å². The maximum absolute atomic E-state index is 13.4. The van der Waals surface area contributed by atoms with Crippen LogP contribution in [0.1, 0.15) is 52.0 Å². The molecule has 1 aromatic carbocycles. The molecule has 0 aliphatic heterocycles. The molecule has 1 unspecified atom stereocenters. The summed E-state index contributed by atoms with van der Waals surface area (Å²) in [5.74, 6) is -1.04. The third-order valence-electron chi connectivity index (χ3n) is 5.52. The molecule has 0 bridgehead atoms. The van der Waals surface area contributed by atoms with E-state index in [1.165, 1.54) is 18.2 Å². The van der Waals surface area contributed by atoms with Gasteiger partial charge in [-0.3, -0.25) is 4.79 Å². The molecule has 2 aromatic rings. The minimum atomic E-state index is -4.14. The maximum atomic E-state index is 13.4. The number of nitrogens with one attached hydrogen (secondary N) is 4. The molecule has 12 nitrogen and oxygen atoms in total. The normalized spacial score (nSPS) is 12.9. The van der Waals surface area contributed by atoms with Crippen molar-refractivity contribution in [2.75, 3.05) is 19.5 Å². The Kier molecular flexibility index (Phi) is 13.3. The second-order valence-corrected chi connectivity index (χ2v) is 13.6. The molecular weight excluding hydrogens is 592 g/mol. The summed E-state index contributed by atoms with van der Waals surface area (Å²) in [6.07, 6.45) is 3.58. The first-order valence-corrected chi connectivity index (χ1v) is 15.9. The van der Waals surface area contributed by atoms with E-state index in [4.69, 9.17) is 4.74 Å². The van der Waals surface area contributed by atoms with Crippen molar-refractivity contribution >= 4 is 59.5 Å². The van der Waals surface area contributed by atoms with Crippen LogP contribution in [-0.4, -0.2) is 76.7 Å². The number of sulfonamides is 1. The first-order valence-electron chi connectivity index (χ1n) is 13.6. The van der Waals surface area contributed by atoms with Crippen LogP contribution in [0, 0.1) is 20.8 Å². The Morgan fingerprint density at radius 2 is 1.79 bits per heavy atom. The molecule has 5 N–H and O–H groups in total. The molecule has 0 saturated heterocycles. The van der Waals surface area contributed by atoms with Crippen molar-refractivity contribution in [2.45, 2.75) is 64.9 Å². The average molecular weight is 631 g/mol. The minimum absolute atomic E-state index is 0.0349. The fraction of sp³-hybridized carbons (Fsp3) is 0.444. The van der Waals surface area contributed by atoms with Crippen molar-refractivity contribution in [3.8, 4) is 0 Å². The van der Waals surface area contributed by atoms with E-state index in [0.29, 0.717) is 29.7 Å². The second-order valence-electron chi connectivity index (χ2n) is 10.8. The molecule has 1 heterocycles. The van der Waals surface area contributed by atoms with Crippen LogP contribution in [-0.2, 0) is 24.3 Å². The van der Waals surface area contributed by atoms with E-state index in [0.717, 1.165) is 10.4 Å². The molecule has 0 aliphatic rings. The molecule has 0 saturated carbocycles. The number of benzene rings is 1. The van der Waals surface area contributed by atoms with E-state index in [-0.39, 0.29) is 23.8 Å². The predicted octanol–water partition coefficient (Wildman–Crippen LogP) is 1.76. The number of esters is 1. The van der Waals surface area contributed by atoms with E-state index in [2.05, 4.69) is 25.6 Å². The first kappa shape index (κ1) is 35.9. The summed E-state index contributed by atoms with van der Waals surface area (Å²) < 4.78 is 45.2. The molecule has 0 spiro atoms. The predicted molar refractivity (Wildman–Crippen MR) is 170 cm³/mol. The summed E-state index contributed by atoms with van der Waals surface area (Å²) in [6, 6.07) is 5.48. The van der Waals surface area contributed by atoms with Crippen molar-refractivity contribution < 1.29 is 32.5 Å². The molecule has 1 atom stereocenters. The van der Waals surface area contributed by atoms with Crippen molar-refractivity contribution in [1.29, 1.82) is 0 Å². The number of guanidine groups is 1. The molecule has 0 fully saturated rings. The average Bonchev–Trinajstić information content (AvgIpc) is 3.34. The molecule has 0 aliphatic carbocycles. The summed E-state index contributed by atoms with van der Waals surface area (Å²) >= 11 is 1.20. The van der Waals surface area contributed by atoms with Gasteiger partial charge in [-0.1, -0.05) is 17.7 Å². The molecule has 0 radical (unpaired) electrons. The Bertz CT molecular complexity index is 1450. The quantitative estimate of drug-likeness (QED) is 0.0955.